The molecule has 5 heteroatoms. The van der Waals surface area contributed by atoms with Gasteiger partial charge in [0.1, 0.15) is 0 Å². The molecule has 17 heavy (non-hydrogen) atoms. The van der Waals surface area contributed by atoms with Crippen LogP contribution in [0.2, 0.25) is 0 Å². The van der Waals surface area contributed by atoms with Gasteiger partial charge >= 0.3 is 0 Å². The summed E-state index contributed by atoms with van der Waals surface area (Å²) in [6.07, 6.45) is 1.84. The Morgan fingerprint density at radius 1 is 1.41 bits per heavy atom. The number of hydrogen-bond donors (Lipinski definition) is 1. The van der Waals surface area contributed by atoms with E-state index in [0.29, 0.717) is 5.92 Å². The largest absolute Gasteiger partial charge is 0.381 e. The minimum Gasteiger partial charge on any atom is -0.381 e. The number of nitro benzene ring substituents is 1. The predicted octanol–water partition coefficient (Wildman–Crippen LogP) is 2.02. The fourth-order valence-corrected chi connectivity index (χ4v) is 2.19. The molecule has 0 aliphatic carbocycles. The first-order chi connectivity index (χ1) is 8.18. The number of hydrogen-bond acceptors (Lipinski definition) is 4. The summed E-state index contributed by atoms with van der Waals surface area (Å²) in [6, 6.07) is 6.46. The van der Waals surface area contributed by atoms with E-state index in [1.165, 1.54) is 6.07 Å². The average Bonchev–Trinajstić information content (AvgIpc) is 2.39. The van der Waals surface area contributed by atoms with E-state index in [4.69, 9.17) is 10.5 Å². The van der Waals surface area contributed by atoms with Crippen LogP contribution < -0.4 is 5.73 Å². The Morgan fingerprint density at radius 2 is 2.12 bits per heavy atom. The summed E-state index contributed by atoms with van der Waals surface area (Å²) >= 11 is 0. The maximum atomic E-state index is 10.7. The van der Waals surface area contributed by atoms with Gasteiger partial charge in [-0.25, -0.2) is 0 Å². The van der Waals surface area contributed by atoms with Gasteiger partial charge in [0.05, 0.1) is 4.92 Å². The third-order valence-corrected chi connectivity index (χ3v) is 3.24. The summed E-state index contributed by atoms with van der Waals surface area (Å²) in [4.78, 5) is 10.3. The molecule has 0 amide bonds. The second kappa shape index (κ2) is 5.25. The zero-order chi connectivity index (χ0) is 12.3. The highest BCUT2D eigenvalue weighted by Gasteiger charge is 2.23. The van der Waals surface area contributed by atoms with E-state index in [-0.39, 0.29) is 16.7 Å². The van der Waals surface area contributed by atoms with Crippen molar-refractivity contribution < 1.29 is 9.66 Å². The molecule has 0 spiro atoms. The molecule has 2 N–H and O–H groups in total. The van der Waals surface area contributed by atoms with E-state index in [2.05, 4.69) is 0 Å². The van der Waals surface area contributed by atoms with Gasteiger partial charge in [-0.2, -0.15) is 0 Å². The fraction of sp³-hybridized carbons (Fsp3) is 0.500. The van der Waals surface area contributed by atoms with Crippen LogP contribution in [-0.2, 0) is 4.74 Å². The molecular formula is C12H16N2O3. The van der Waals surface area contributed by atoms with Crippen LogP contribution in [0.1, 0.15) is 24.4 Å². The molecule has 0 aromatic heterocycles. The first-order valence-electron chi connectivity index (χ1n) is 5.76. The molecule has 2 rings (SSSR count). The third kappa shape index (κ3) is 2.81. The number of rotatable bonds is 3. The highest BCUT2D eigenvalue weighted by atomic mass is 16.6. The summed E-state index contributed by atoms with van der Waals surface area (Å²) in [5, 5.41) is 10.7. The lowest BCUT2D eigenvalue weighted by Gasteiger charge is -2.27. The topological polar surface area (TPSA) is 78.4 Å². The van der Waals surface area contributed by atoms with Crippen molar-refractivity contribution in [1.29, 1.82) is 0 Å². The van der Waals surface area contributed by atoms with Gasteiger partial charge in [-0.1, -0.05) is 12.1 Å². The molecule has 0 radical (unpaired) electrons. The molecule has 1 aliphatic rings. The second-order valence-electron chi connectivity index (χ2n) is 4.33. The van der Waals surface area contributed by atoms with Crippen LogP contribution in [0.5, 0.6) is 0 Å². The minimum absolute atomic E-state index is 0.102. The van der Waals surface area contributed by atoms with E-state index in [1.54, 1.807) is 12.1 Å². The van der Waals surface area contributed by atoms with Gasteiger partial charge in [0.15, 0.2) is 0 Å². The highest BCUT2D eigenvalue weighted by Crippen LogP contribution is 2.29. The lowest BCUT2D eigenvalue weighted by molar-refractivity contribution is -0.384. The van der Waals surface area contributed by atoms with Crippen molar-refractivity contribution in [2.75, 3.05) is 13.2 Å². The van der Waals surface area contributed by atoms with E-state index in [9.17, 15) is 10.1 Å². The van der Waals surface area contributed by atoms with Gasteiger partial charge < -0.3 is 10.5 Å². The van der Waals surface area contributed by atoms with Crippen LogP contribution in [0.15, 0.2) is 24.3 Å². The third-order valence-electron chi connectivity index (χ3n) is 3.24. The Balaban J connectivity index is 2.14. The maximum Gasteiger partial charge on any atom is 0.269 e. The molecule has 1 aromatic rings. The molecule has 5 nitrogen and oxygen atoms in total. The van der Waals surface area contributed by atoms with Crippen molar-refractivity contribution in [3.05, 3.63) is 39.9 Å². The molecule has 1 aliphatic heterocycles. The summed E-state index contributed by atoms with van der Waals surface area (Å²) in [5.41, 5.74) is 7.10. The summed E-state index contributed by atoms with van der Waals surface area (Å²) < 4.78 is 5.28. The average molecular weight is 236 g/mol. The lowest BCUT2D eigenvalue weighted by Crippen LogP contribution is -2.27. The maximum absolute atomic E-state index is 10.7. The summed E-state index contributed by atoms with van der Waals surface area (Å²) in [6.45, 7) is 1.46. The first-order valence-corrected chi connectivity index (χ1v) is 5.76. The first kappa shape index (κ1) is 12.0. The number of benzene rings is 1. The van der Waals surface area contributed by atoms with Crippen molar-refractivity contribution in [3.63, 3.8) is 0 Å². The van der Waals surface area contributed by atoms with Crippen LogP contribution in [-0.4, -0.2) is 18.1 Å². The summed E-state index contributed by atoms with van der Waals surface area (Å²) in [5.74, 6) is 0.353. The van der Waals surface area contributed by atoms with E-state index < -0.39 is 0 Å². The highest BCUT2D eigenvalue weighted by molar-refractivity contribution is 5.35. The second-order valence-corrected chi connectivity index (χ2v) is 4.33. The lowest BCUT2D eigenvalue weighted by atomic mass is 9.88. The molecule has 1 atom stereocenters. The van der Waals surface area contributed by atoms with Crippen LogP contribution in [0.25, 0.3) is 0 Å². The van der Waals surface area contributed by atoms with Gasteiger partial charge in [-0.05, 0) is 24.3 Å². The van der Waals surface area contributed by atoms with Crippen molar-refractivity contribution in [1.82, 2.24) is 0 Å². The summed E-state index contributed by atoms with van der Waals surface area (Å²) in [7, 11) is 0. The molecule has 1 fully saturated rings. The fourth-order valence-electron chi connectivity index (χ4n) is 2.19. The number of non-ortho nitro benzene ring substituents is 1. The Labute approximate surface area is 99.7 Å². The van der Waals surface area contributed by atoms with E-state index in [1.807, 2.05) is 6.07 Å². The molecule has 0 saturated carbocycles. The number of nitrogens with two attached hydrogens (primary N) is 1. The normalized spacial score (nSPS) is 18.9. The van der Waals surface area contributed by atoms with Gasteiger partial charge in [0.25, 0.3) is 5.69 Å². The van der Waals surface area contributed by atoms with Gasteiger partial charge in [-0.15, -0.1) is 0 Å². The van der Waals surface area contributed by atoms with Gasteiger partial charge in [0.2, 0.25) is 0 Å². The smallest absolute Gasteiger partial charge is 0.269 e. The van der Waals surface area contributed by atoms with Crippen molar-refractivity contribution in [3.8, 4) is 0 Å². The number of nitrogens with zero attached hydrogens (tertiary/aromatic N) is 1. The Kier molecular flexibility index (Phi) is 3.71. The van der Waals surface area contributed by atoms with Crippen LogP contribution in [0, 0.1) is 16.0 Å². The van der Waals surface area contributed by atoms with Gasteiger partial charge in [0, 0.05) is 31.4 Å². The van der Waals surface area contributed by atoms with E-state index in [0.717, 1.165) is 31.6 Å². The SMILES string of the molecule is N[C@H](c1cccc([N+](=O)[O-])c1)C1CCOCC1. The molecule has 1 aromatic carbocycles. The Hall–Kier alpha value is -1.46. The van der Waals surface area contributed by atoms with Gasteiger partial charge in [-0.3, -0.25) is 10.1 Å². The molecule has 0 bridgehead atoms. The Bertz CT molecular complexity index is 402. The molecule has 1 heterocycles. The van der Waals surface area contributed by atoms with Crippen molar-refractivity contribution in [2.24, 2.45) is 11.7 Å². The van der Waals surface area contributed by atoms with Crippen LogP contribution >= 0.6 is 0 Å². The molecule has 1 saturated heterocycles. The standard InChI is InChI=1S/C12H16N2O3/c13-12(9-4-6-17-7-5-9)10-2-1-3-11(8-10)14(15)16/h1-3,8-9,12H,4-7,13H2/t12-/m0/s1. The van der Waals surface area contributed by atoms with E-state index >= 15 is 0 Å². The number of ether oxygens (including phenoxy) is 1. The Morgan fingerprint density at radius 3 is 2.76 bits per heavy atom. The van der Waals surface area contributed by atoms with Crippen molar-refractivity contribution in [2.45, 2.75) is 18.9 Å². The predicted molar refractivity (Wildman–Crippen MR) is 63.6 cm³/mol. The molecule has 0 unspecified atom stereocenters. The zero-order valence-electron chi connectivity index (χ0n) is 9.54. The van der Waals surface area contributed by atoms with Crippen LogP contribution in [0.3, 0.4) is 0 Å². The molecule has 92 valence electrons. The zero-order valence-corrected chi connectivity index (χ0v) is 9.54. The van der Waals surface area contributed by atoms with Crippen molar-refractivity contribution >= 4 is 5.69 Å². The minimum atomic E-state index is -0.389. The number of nitro groups is 1. The quantitative estimate of drug-likeness (QED) is 0.643. The monoisotopic (exact) mass is 236 g/mol. The van der Waals surface area contributed by atoms with Crippen LogP contribution in [0.4, 0.5) is 5.69 Å². The molecular weight excluding hydrogens is 220 g/mol.